The van der Waals surface area contributed by atoms with E-state index < -0.39 is 5.60 Å². The Morgan fingerprint density at radius 3 is 1.58 bits per heavy atom. The smallest absolute Gasteiger partial charge is 0.148 e. The number of hydrogen-bond donors (Lipinski definition) is 1. The van der Waals surface area contributed by atoms with E-state index in [4.69, 9.17) is 9.47 Å². The molecule has 1 aliphatic carbocycles. The minimum absolute atomic E-state index is 0.600. The second-order valence-electron chi connectivity index (χ2n) is 5.84. The van der Waals surface area contributed by atoms with Gasteiger partial charge in [-0.15, -0.1) is 0 Å². The van der Waals surface area contributed by atoms with Gasteiger partial charge in [-0.2, -0.15) is 0 Å². The van der Waals surface area contributed by atoms with Crippen LogP contribution in [0.2, 0.25) is 0 Å². The van der Waals surface area contributed by atoms with Gasteiger partial charge in [0.2, 0.25) is 0 Å². The van der Waals surface area contributed by atoms with Crippen LogP contribution in [0.25, 0.3) is 11.1 Å². The number of benzene rings is 3. The zero-order valence-electron chi connectivity index (χ0n) is 13.6. The van der Waals surface area contributed by atoms with Crippen LogP contribution >= 0.6 is 0 Å². The van der Waals surface area contributed by atoms with Crippen molar-refractivity contribution in [2.75, 3.05) is 14.2 Å². The molecule has 0 bridgehead atoms. The number of rotatable bonds is 3. The predicted octanol–water partition coefficient (Wildman–Crippen LogP) is 3.97. The highest BCUT2D eigenvalue weighted by Gasteiger charge is 2.46. The molecule has 3 aromatic rings. The highest BCUT2D eigenvalue weighted by atomic mass is 16.5. The van der Waals surface area contributed by atoms with Gasteiger partial charge in [0.05, 0.1) is 19.8 Å². The molecule has 0 fully saturated rings. The van der Waals surface area contributed by atoms with E-state index in [0.29, 0.717) is 17.1 Å². The van der Waals surface area contributed by atoms with Gasteiger partial charge >= 0.3 is 0 Å². The highest BCUT2D eigenvalue weighted by Crippen LogP contribution is 2.54. The van der Waals surface area contributed by atoms with Crippen molar-refractivity contribution in [3.63, 3.8) is 0 Å². The molecule has 0 heterocycles. The summed E-state index contributed by atoms with van der Waals surface area (Å²) in [4.78, 5) is 0. The van der Waals surface area contributed by atoms with Crippen molar-refractivity contribution in [3.8, 4) is 22.6 Å². The predicted molar refractivity (Wildman–Crippen MR) is 93.5 cm³/mol. The Morgan fingerprint density at radius 2 is 1.12 bits per heavy atom. The van der Waals surface area contributed by atoms with Crippen molar-refractivity contribution in [1.29, 1.82) is 0 Å². The first-order valence-corrected chi connectivity index (χ1v) is 7.85. The Hall–Kier alpha value is -2.78. The fourth-order valence-electron chi connectivity index (χ4n) is 3.69. The number of fused-ring (bicyclic) bond motifs is 3. The second kappa shape index (κ2) is 5.39. The molecule has 3 heteroatoms. The van der Waals surface area contributed by atoms with E-state index in [-0.39, 0.29) is 0 Å². The lowest BCUT2D eigenvalue weighted by molar-refractivity contribution is 0.123. The fraction of sp³-hybridized carbons (Fsp3) is 0.143. The van der Waals surface area contributed by atoms with Gasteiger partial charge in [0, 0.05) is 11.1 Å². The molecule has 0 atom stereocenters. The van der Waals surface area contributed by atoms with E-state index >= 15 is 0 Å². The summed E-state index contributed by atoms with van der Waals surface area (Å²) in [5.74, 6) is 1.20. The lowest BCUT2D eigenvalue weighted by Crippen LogP contribution is -2.27. The van der Waals surface area contributed by atoms with Gasteiger partial charge in [0.1, 0.15) is 17.1 Å². The van der Waals surface area contributed by atoms with Crippen molar-refractivity contribution in [1.82, 2.24) is 0 Å². The Bertz CT molecular complexity index is 847. The van der Waals surface area contributed by atoms with Crippen molar-refractivity contribution < 1.29 is 14.6 Å². The summed E-state index contributed by atoms with van der Waals surface area (Å²) in [6, 6.07) is 21.4. The van der Waals surface area contributed by atoms with Crippen LogP contribution in [0.1, 0.15) is 16.7 Å². The summed E-state index contributed by atoms with van der Waals surface area (Å²) < 4.78 is 11.1. The minimum Gasteiger partial charge on any atom is -0.496 e. The molecule has 0 radical (unpaired) electrons. The Labute approximate surface area is 141 Å². The number of methoxy groups -OCH3 is 2. The summed E-state index contributed by atoms with van der Waals surface area (Å²) in [5, 5.41) is 11.9. The molecule has 1 N–H and O–H groups in total. The Kier molecular flexibility index (Phi) is 3.32. The molecule has 4 rings (SSSR count). The summed E-state index contributed by atoms with van der Waals surface area (Å²) in [6.45, 7) is 0. The van der Waals surface area contributed by atoms with Crippen LogP contribution < -0.4 is 9.47 Å². The molecule has 0 aromatic heterocycles. The van der Waals surface area contributed by atoms with Crippen molar-refractivity contribution in [2.45, 2.75) is 5.60 Å². The standard InChI is InChI=1S/C21H18O3/c1-23-18-12-7-13-19(24-2)20(18)21(22)16-10-5-3-8-14(16)15-9-4-6-11-17(15)21/h3-13,22H,1-2H3. The molecular formula is C21H18O3. The molecule has 120 valence electrons. The van der Waals surface area contributed by atoms with Gasteiger partial charge in [-0.25, -0.2) is 0 Å². The Morgan fingerprint density at radius 1 is 0.667 bits per heavy atom. The lowest BCUT2D eigenvalue weighted by atomic mass is 9.83. The van der Waals surface area contributed by atoms with Crippen molar-refractivity contribution in [2.24, 2.45) is 0 Å². The average molecular weight is 318 g/mol. The van der Waals surface area contributed by atoms with Crippen LogP contribution in [-0.2, 0) is 5.60 Å². The molecule has 0 saturated carbocycles. The van der Waals surface area contributed by atoms with Gasteiger partial charge in [-0.3, -0.25) is 0 Å². The molecule has 3 aromatic carbocycles. The van der Waals surface area contributed by atoms with Crippen LogP contribution in [0, 0.1) is 0 Å². The monoisotopic (exact) mass is 318 g/mol. The number of ether oxygens (including phenoxy) is 2. The van der Waals surface area contributed by atoms with Crippen LogP contribution in [0.15, 0.2) is 66.7 Å². The third-order valence-corrected chi connectivity index (χ3v) is 4.71. The third kappa shape index (κ3) is 1.82. The average Bonchev–Trinajstić information content (AvgIpc) is 2.91. The minimum atomic E-state index is -1.31. The Balaban J connectivity index is 2.12. The first-order valence-electron chi connectivity index (χ1n) is 7.85. The number of hydrogen-bond acceptors (Lipinski definition) is 3. The van der Waals surface area contributed by atoms with Gasteiger partial charge in [0.15, 0.2) is 0 Å². The molecule has 0 amide bonds. The van der Waals surface area contributed by atoms with Gasteiger partial charge in [-0.1, -0.05) is 54.6 Å². The maximum absolute atomic E-state index is 11.9. The van der Waals surface area contributed by atoms with E-state index in [1.165, 1.54) is 0 Å². The fourth-order valence-corrected chi connectivity index (χ4v) is 3.69. The SMILES string of the molecule is COc1cccc(OC)c1C1(O)c2ccccc2-c2ccccc21. The molecule has 24 heavy (non-hydrogen) atoms. The van der Waals surface area contributed by atoms with E-state index in [1.54, 1.807) is 14.2 Å². The normalized spacial score (nSPS) is 14.0. The highest BCUT2D eigenvalue weighted by molar-refractivity contribution is 5.83. The lowest BCUT2D eigenvalue weighted by Gasteiger charge is -2.29. The van der Waals surface area contributed by atoms with E-state index in [9.17, 15) is 5.11 Å². The zero-order chi connectivity index (χ0) is 16.7. The summed E-state index contributed by atoms with van der Waals surface area (Å²) in [6.07, 6.45) is 0. The van der Waals surface area contributed by atoms with Crippen LogP contribution in [0.5, 0.6) is 11.5 Å². The molecule has 1 aliphatic rings. The van der Waals surface area contributed by atoms with E-state index in [2.05, 4.69) is 0 Å². The van der Waals surface area contributed by atoms with E-state index in [1.807, 2.05) is 66.7 Å². The summed E-state index contributed by atoms with van der Waals surface area (Å²) in [7, 11) is 3.21. The molecular weight excluding hydrogens is 300 g/mol. The van der Waals surface area contributed by atoms with Gasteiger partial charge in [-0.05, 0) is 23.3 Å². The van der Waals surface area contributed by atoms with Gasteiger partial charge < -0.3 is 14.6 Å². The first-order chi connectivity index (χ1) is 11.7. The maximum Gasteiger partial charge on any atom is 0.148 e. The van der Waals surface area contributed by atoms with Crippen LogP contribution in [0.3, 0.4) is 0 Å². The van der Waals surface area contributed by atoms with Gasteiger partial charge in [0.25, 0.3) is 0 Å². The molecule has 0 saturated heterocycles. The first kappa shape index (κ1) is 14.8. The molecule has 0 aliphatic heterocycles. The van der Waals surface area contributed by atoms with Crippen molar-refractivity contribution in [3.05, 3.63) is 83.4 Å². The van der Waals surface area contributed by atoms with E-state index in [0.717, 1.165) is 22.3 Å². The maximum atomic E-state index is 11.9. The van der Waals surface area contributed by atoms with Crippen LogP contribution in [-0.4, -0.2) is 19.3 Å². The quantitative estimate of drug-likeness (QED) is 0.794. The largest absolute Gasteiger partial charge is 0.496 e. The molecule has 3 nitrogen and oxygen atoms in total. The summed E-state index contributed by atoms with van der Waals surface area (Å²) >= 11 is 0. The number of aliphatic hydroxyl groups is 1. The topological polar surface area (TPSA) is 38.7 Å². The molecule has 0 spiro atoms. The third-order valence-electron chi connectivity index (χ3n) is 4.71. The zero-order valence-corrected chi connectivity index (χ0v) is 13.6. The summed E-state index contributed by atoms with van der Waals surface area (Å²) in [5.41, 5.74) is 3.06. The van der Waals surface area contributed by atoms with Crippen molar-refractivity contribution >= 4 is 0 Å². The second-order valence-corrected chi connectivity index (χ2v) is 5.84. The molecule has 0 unspecified atom stereocenters. The van der Waals surface area contributed by atoms with Crippen LogP contribution in [0.4, 0.5) is 0 Å².